The van der Waals surface area contributed by atoms with Gasteiger partial charge in [0.15, 0.2) is 0 Å². The Labute approximate surface area is 84.9 Å². The number of alkyl halides is 7. The predicted octanol–water partition coefficient (Wildman–Crippen LogP) is 3.37. The van der Waals surface area contributed by atoms with Gasteiger partial charge >= 0.3 is 18.0 Å². The average Bonchev–Trinajstić information content (AvgIpc) is 2.17. The van der Waals surface area contributed by atoms with Crippen LogP contribution in [0.2, 0.25) is 0 Å². The lowest BCUT2D eigenvalue weighted by atomic mass is 10.0. The van der Waals surface area contributed by atoms with Gasteiger partial charge < -0.3 is 0 Å². The number of nitrogens with zero attached hydrogens (tertiary/aromatic N) is 1. The minimum atomic E-state index is -6.32. The molecular formula is C8H4F7N. The van der Waals surface area contributed by atoms with E-state index in [-0.39, 0.29) is 0 Å². The van der Waals surface area contributed by atoms with E-state index in [0.29, 0.717) is 24.5 Å². The summed E-state index contributed by atoms with van der Waals surface area (Å²) < 4.78 is 86.2. The first-order valence-electron chi connectivity index (χ1n) is 3.83. The lowest BCUT2D eigenvalue weighted by Crippen LogP contribution is -2.50. The van der Waals surface area contributed by atoms with Crippen molar-refractivity contribution in [3.63, 3.8) is 0 Å². The quantitative estimate of drug-likeness (QED) is 0.730. The van der Waals surface area contributed by atoms with E-state index in [1.807, 2.05) is 0 Å². The fraction of sp³-hybridized carbons (Fsp3) is 0.375. The zero-order valence-corrected chi connectivity index (χ0v) is 7.40. The summed E-state index contributed by atoms with van der Waals surface area (Å²) in [5.74, 6) is -11.4. The third kappa shape index (κ3) is 1.83. The largest absolute Gasteiger partial charge is 0.460 e. The number of hydrogen-bond acceptors (Lipinski definition) is 1. The van der Waals surface area contributed by atoms with E-state index < -0.39 is 23.6 Å². The molecule has 0 aliphatic rings. The monoisotopic (exact) mass is 247 g/mol. The van der Waals surface area contributed by atoms with Gasteiger partial charge in [-0.2, -0.15) is 30.7 Å². The third-order valence-corrected chi connectivity index (χ3v) is 1.79. The Bertz CT molecular complexity index is 356. The molecule has 16 heavy (non-hydrogen) atoms. The number of aromatic nitrogens is 1. The summed E-state index contributed by atoms with van der Waals surface area (Å²) >= 11 is 0. The first kappa shape index (κ1) is 12.7. The van der Waals surface area contributed by atoms with Gasteiger partial charge in [0.1, 0.15) is 0 Å². The zero-order valence-electron chi connectivity index (χ0n) is 7.40. The van der Waals surface area contributed by atoms with Gasteiger partial charge in [-0.15, -0.1) is 0 Å². The summed E-state index contributed by atoms with van der Waals surface area (Å²) in [5, 5.41) is 0. The second-order valence-corrected chi connectivity index (χ2v) is 2.88. The molecule has 0 atom stereocenters. The van der Waals surface area contributed by atoms with Crippen LogP contribution in [0.5, 0.6) is 0 Å². The van der Waals surface area contributed by atoms with Crippen molar-refractivity contribution in [3.8, 4) is 0 Å². The summed E-state index contributed by atoms with van der Waals surface area (Å²) in [7, 11) is 0. The van der Waals surface area contributed by atoms with E-state index in [4.69, 9.17) is 0 Å². The smallest absolute Gasteiger partial charge is 0.265 e. The van der Waals surface area contributed by atoms with Crippen LogP contribution >= 0.6 is 0 Å². The predicted molar refractivity (Wildman–Crippen MR) is 39.1 cm³/mol. The highest BCUT2D eigenvalue weighted by Gasteiger charge is 2.73. The maximum absolute atomic E-state index is 12.9. The fourth-order valence-electron chi connectivity index (χ4n) is 0.921. The van der Waals surface area contributed by atoms with Gasteiger partial charge in [0.2, 0.25) is 0 Å². The van der Waals surface area contributed by atoms with Crippen LogP contribution in [0, 0.1) is 0 Å². The van der Waals surface area contributed by atoms with Crippen LogP contribution in [0.25, 0.3) is 0 Å². The first-order chi connectivity index (χ1) is 7.11. The highest BCUT2D eigenvalue weighted by molar-refractivity contribution is 5.20. The summed E-state index contributed by atoms with van der Waals surface area (Å²) in [6.45, 7) is 0. The van der Waals surface area contributed by atoms with Crippen molar-refractivity contribution in [3.05, 3.63) is 30.1 Å². The lowest BCUT2D eigenvalue weighted by Gasteiger charge is -2.28. The van der Waals surface area contributed by atoms with Gasteiger partial charge in [-0.3, -0.25) is 4.98 Å². The summed E-state index contributed by atoms with van der Waals surface area (Å²) in [5.41, 5.74) is -1.44. The Kier molecular flexibility index (Phi) is 2.86. The van der Waals surface area contributed by atoms with E-state index in [2.05, 4.69) is 4.98 Å². The van der Waals surface area contributed by atoms with E-state index in [0.717, 1.165) is 0 Å². The molecule has 0 saturated heterocycles. The standard InChI is InChI=1S/C8H4F7N/c9-6(10,5-1-3-16-4-2-5)7(11,12)8(13,14)15/h1-4H. The molecule has 0 N–H and O–H groups in total. The second-order valence-electron chi connectivity index (χ2n) is 2.88. The molecule has 0 unspecified atom stereocenters. The van der Waals surface area contributed by atoms with Crippen LogP contribution in [-0.4, -0.2) is 17.1 Å². The molecule has 90 valence electrons. The molecule has 0 bridgehead atoms. The topological polar surface area (TPSA) is 12.9 Å². The van der Waals surface area contributed by atoms with Crippen molar-refractivity contribution >= 4 is 0 Å². The maximum atomic E-state index is 12.9. The first-order valence-corrected chi connectivity index (χ1v) is 3.83. The van der Waals surface area contributed by atoms with Gasteiger partial charge in [-0.05, 0) is 12.1 Å². The van der Waals surface area contributed by atoms with Crippen LogP contribution in [0.1, 0.15) is 5.56 Å². The third-order valence-electron chi connectivity index (χ3n) is 1.79. The van der Waals surface area contributed by atoms with Crippen molar-refractivity contribution < 1.29 is 30.7 Å². The minimum absolute atomic E-state index is 0.402. The molecule has 0 saturated carbocycles. The van der Waals surface area contributed by atoms with Crippen LogP contribution in [0.3, 0.4) is 0 Å². The normalized spacial score (nSPS) is 13.9. The summed E-state index contributed by atoms with van der Waals surface area (Å²) in [6.07, 6.45) is -4.91. The highest BCUT2D eigenvalue weighted by Crippen LogP contribution is 2.51. The van der Waals surface area contributed by atoms with Crippen molar-refractivity contribution in [2.24, 2.45) is 0 Å². The molecule has 1 aromatic heterocycles. The van der Waals surface area contributed by atoms with Gasteiger partial charge in [0.25, 0.3) is 0 Å². The van der Waals surface area contributed by atoms with E-state index >= 15 is 0 Å². The molecular weight excluding hydrogens is 243 g/mol. The Morgan fingerprint density at radius 1 is 0.812 bits per heavy atom. The molecule has 0 radical (unpaired) electrons. The maximum Gasteiger partial charge on any atom is 0.460 e. The molecule has 1 heterocycles. The lowest BCUT2D eigenvalue weighted by molar-refractivity contribution is -0.359. The van der Waals surface area contributed by atoms with E-state index in [1.165, 1.54) is 0 Å². The van der Waals surface area contributed by atoms with Gasteiger partial charge in [-0.1, -0.05) is 0 Å². The zero-order chi connectivity index (χ0) is 12.6. The van der Waals surface area contributed by atoms with Crippen LogP contribution < -0.4 is 0 Å². The van der Waals surface area contributed by atoms with Crippen molar-refractivity contribution in [1.29, 1.82) is 0 Å². The Hall–Kier alpha value is -1.34. The van der Waals surface area contributed by atoms with Crippen molar-refractivity contribution in [1.82, 2.24) is 4.98 Å². The molecule has 1 rings (SSSR count). The Morgan fingerprint density at radius 3 is 1.62 bits per heavy atom. The Morgan fingerprint density at radius 2 is 1.25 bits per heavy atom. The molecule has 1 aromatic rings. The van der Waals surface area contributed by atoms with Crippen molar-refractivity contribution in [2.75, 3.05) is 0 Å². The van der Waals surface area contributed by atoms with Gasteiger partial charge in [0.05, 0.1) is 0 Å². The molecule has 0 aliphatic carbocycles. The number of rotatable bonds is 2. The summed E-state index contributed by atoms with van der Waals surface area (Å²) in [6, 6.07) is 0.805. The SMILES string of the molecule is FC(F)(F)C(F)(F)C(F)(F)c1ccncc1. The molecule has 8 heteroatoms. The molecule has 0 aromatic carbocycles. The average molecular weight is 247 g/mol. The van der Waals surface area contributed by atoms with Gasteiger partial charge in [-0.25, -0.2) is 0 Å². The molecule has 0 amide bonds. The number of pyridine rings is 1. The minimum Gasteiger partial charge on any atom is -0.265 e. The number of halogens is 7. The number of hydrogen-bond donors (Lipinski definition) is 0. The molecule has 0 aliphatic heterocycles. The van der Waals surface area contributed by atoms with E-state index in [9.17, 15) is 30.7 Å². The van der Waals surface area contributed by atoms with Gasteiger partial charge in [0, 0.05) is 18.0 Å². The van der Waals surface area contributed by atoms with Crippen LogP contribution in [-0.2, 0) is 5.92 Å². The van der Waals surface area contributed by atoms with Crippen molar-refractivity contribution in [2.45, 2.75) is 18.0 Å². The highest BCUT2D eigenvalue weighted by atomic mass is 19.4. The Balaban J connectivity index is 3.22. The van der Waals surface area contributed by atoms with Crippen LogP contribution in [0.4, 0.5) is 30.7 Å². The molecule has 0 spiro atoms. The second kappa shape index (κ2) is 3.60. The fourth-order valence-corrected chi connectivity index (χ4v) is 0.921. The van der Waals surface area contributed by atoms with Crippen LogP contribution in [0.15, 0.2) is 24.5 Å². The molecule has 0 fully saturated rings. The summed E-state index contributed by atoms with van der Waals surface area (Å²) in [4.78, 5) is 3.24. The molecule has 1 nitrogen and oxygen atoms in total. The van der Waals surface area contributed by atoms with E-state index in [1.54, 1.807) is 0 Å².